The molecule has 0 atom stereocenters. The zero-order valence-corrected chi connectivity index (χ0v) is 20.9. The van der Waals surface area contributed by atoms with Crippen molar-refractivity contribution in [2.75, 3.05) is 0 Å². The van der Waals surface area contributed by atoms with Crippen LogP contribution in [0.2, 0.25) is 0 Å². The van der Waals surface area contributed by atoms with Crippen LogP contribution in [0.3, 0.4) is 0 Å². The van der Waals surface area contributed by atoms with E-state index in [4.69, 9.17) is 4.98 Å². The summed E-state index contributed by atoms with van der Waals surface area (Å²) in [6, 6.07) is 12.1. The van der Waals surface area contributed by atoms with E-state index in [0.29, 0.717) is 30.1 Å². The fourth-order valence-electron chi connectivity index (χ4n) is 4.80. The molecule has 9 heteroatoms. The molecular weight excluding hydrogens is 518 g/mol. The van der Waals surface area contributed by atoms with Crippen LogP contribution < -0.4 is 5.32 Å². The number of aromatic nitrogens is 6. The molecule has 6 aromatic rings. The molecule has 0 saturated heterocycles. The average Bonchev–Trinajstić information content (AvgIpc) is 3.40. The minimum Gasteiger partial charge on any atom is -0.346 e. The van der Waals surface area contributed by atoms with E-state index in [2.05, 4.69) is 60.1 Å². The Hall–Kier alpha value is -3.98. The first-order valence-electron chi connectivity index (χ1n) is 11.9. The lowest BCUT2D eigenvalue weighted by atomic mass is 10.2. The van der Waals surface area contributed by atoms with E-state index in [1.165, 1.54) is 18.4 Å². The summed E-state index contributed by atoms with van der Waals surface area (Å²) in [4.78, 5) is 27.0. The number of halogens is 1. The summed E-state index contributed by atoms with van der Waals surface area (Å²) in [5, 5.41) is 3.02. The molecule has 1 aliphatic carbocycles. The third kappa shape index (κ3) is 3.76. The molecule has 6 heterocycles. The van der Waals surface area contributed by atoms with Gasteiger partial charge < -0.3 is 18.7 Å². The van der Waals surface area contributed by atoms with Gasteiger partial charge in [0.1, 0.15) is 11.2 Å². The van der Waals surface area contributed by atoms with Gasteiger partial charge in [0.05, 0.1) is 47.4 Å². The lowest BCUT2D eigenvalue weighted by Crippen LogP contribution is -2.23. The van der Waals surface area contributed by atoms with Crippen molar-refractivity contribution in [3.05, 3.63) is 101 Å². The topological polar surface area (TPSA) is 81.5 Å². The van der Waals surface area contributed by atoms with Crippen molar-refractivity contribution in [2.24, 2.45) is 0 Å². The zero-order valence-electron chi connectivity index (χ0n) is 19.3. The molecule has 1 saturated carbocycles. The standard InChI is InChI=1S/C27H22BrN7O/c28-19-7-9-33-16-31-22(24(33)10-19)11-30-27(36)21-15-34(23-2-1-8-29-26(21)23)13-20-14-35-12-18(17-3-4-17)5-6-25(35)32-20/h1-2,5-10,12,14-17H,3-4,11,13H2,(H,30,36). The van der Waals surface area contributed by atoms with Gasteiger partial charge in [-0.05, 0) is 54.7 Å². The van der Waals surface area contributed by atoms with Crippen LogP contribution in [0.4, 0.5) is 0 Å². The highest BCUT2D eigenvalue weighted by Crippen LogP contribution is 2.39. The summed E-state index contributed by atoms with van der Waals surface area (Å²) in [5.74, 6) is 0.514. The fourth-order valence-corrected chi connectivity index (χ4v) is 5.14. The number of pyridine rings is 3. The van der Waals surface area contributed by atoms with Crippen molar-refractivity contribution in [3.8, 4) is 0 Å². The lowest BCUT2D eigenvalue weighted by molar-refractivity contribution is 0.0952. The number of hydrogen-bond donors (Lipinski definition) is 1. The van der Waals surface area contributed by atoms with E-state index >= 15 is 0 Å². The van der Waals surface area contributed by atoms with Crippen molar-refractivity contribution < 1.29 is 4.79 Å². The maximum absolute atomic E-state index is 13.2. The van der Waals surface area contributed by atoms with E-state index < -0.39 is 0 Å². The molecule has 178 valence electrons. The summed E-state index contributed by atoms with van der Waals surface area (Å²) in [7, 11) is 0. The minimum atomic E-state index is -0.183. The van der Waals surface area contributed by atoms with Gasteiger partial charge in [-0.3, -0.25) is 9.78 Å². The molecule has 1 fully saturated rings. The number of rotatable bonds is 6. The van der Waals surface area contributed by atoms with Crippen LogP contribution in [-0.2, 0) is 13.1 Å². The summed E-state index contributed by atoms with van der Waals surface area (Å²) < 4.78 is 7.05. The van der Waals surface area contributed by atoms with Crippen molar-refractivity contribution in [1.29, 1.82) is 0 Å². The molecule has 8 nitrogen and oxygen atoms in total. The first-order valence-corrected chi connectivity index (χ1v) is 12.7. The lowest BCUT2D eigenvalue weighted by Gasteiger charge is -2.03. The van der Waals surface area contributed by atoms with E-state index in [1.54, 1.807) is 12.5 Å². The molecule has 1 amide bonds. The summed E-state index contributed by atoms with van der Waals surface area (Å²) in [6.45, 7) is 0.872. The van der Waals surface area contributed by atoms with Gasteiger partial charge in [-0.15, -0.1) is 0 Å². The van der Waals surface area contributed by atoms with Crippen molar-refractivity contribution >= 4 is 44.0 Å². The van der Waals surface area contributed by atoms with Gasteiger partial charge in [0.15, 0.2) is 0 Å². The largest absolute Gasteiger partial charge is 0.346 e. The van der Waals surface area contributed by atoms with Crippen LogP contribution in [0.5, 0.6) is 0 Å². The SMILES string of the molecule is O=C(NCc1ncn2ccc(Br)cc12)c1cn(Cc2cn3cc(C4CC4)ccc3n2)c2cccnc12. The van der Waals surface area contributed by atoms with E-state index in [0.717, 1.165) is 32.5 Å². The van der Waals surface area contributed by atoms with Crippen LogP contribution in [0, 0.1) is 0 Å². The van der Waals surface area contributed by atoms with Gasteiger partial charge in [0.2, 0.25) is 0 Å². The molecule has 7 rings (SSSR count). The van der Waals surface area contributed by atoms with Crippen molar-refractivity contribution in [3.63, 3.8) is 0 Å². The van der Waals surface area contributed by atoms with Gasteiger partial charge in [0, 0.05) is 35.5 Å². The van der Waals surface area contributed by atoms with Crippen molar-refractivity contribution in [2.45, 2.75) is 31.8 Å². The fraction of sp³-hybridized carbons (Fsp3) is 0.185. The maximum atomic E-state index is 13.2. The van der Waals surface area contributed by atoms with E-state index in [-0.39, 0.29) is 5.91 Å². The Labute approximate surface area is 214 Å². The van der Waals surface area contributed by atoms with Crippen LogP contribution in [0.1, 0.15) is 46.1 Å². The minimum absolute atomic E-state index is 0.183. The van der Waals surface area contributed by atoms with Crippen LogP contribution >= 0.6 is 15.9 Å². The summed E-state index contributed by atoms with van der Waals surface area (Å²) >= 11 is 3.50. The Balaban J connectivity index is 1.16. The average molecular weight is 540 g/mol. The molecule has 0 unspecified atom stereocenters. The summed E-state index contributed by atoms with van der Waals surface area (Å²) in [6.07, 6.45) is 14.1. The molecule has 36 heavy (non-hydrogen) atoms. The van der Waals surface area contributed by atoms with Crippen LogP contribution in [0.15, 0.2) is 78.2 Å². The molecular formula is C27H22BrN7O. The van der Waals surface area contributed by atoms with Crippen LogP contribution in [-0.4, -0.2) is 34.2 Å². The summed E-state index contributed by atoms with van der Waals surface area (Å²) in [5.41, 5.74) is 7.10. The smallest absolute Gasteiger partial charge is 0.255 e. The third-order valence-electron chi connectivity index (χ3n) is 6.78. The monoisotopic (exact) mass is 539 g/mol. The number of nitrogens with one attached hydrogen (secondary N) is 1. The third-order valence-corrected chi connectivity index (χ3v) is 7.28. The van der Waals surface area contributed by atoms with Gasteiger partial charge in [-0.25, -0.2) is 9.97 Å². The van der Waals surface area contributed by atoms with Gasteiger partial charge in [-0.2, -0.15) is 0 Å². The second-order valence-corrected chi connectivity index (χ2v) is 10.2. The van der Waals surface area contributed by atoms with E-state index in [9.17, 15) is 4.79 Å². The van der Waals surface area contributed by atoms with Crippen molar-refractivity contribution in [1.82, 2.24) is 33.6 Å². The molecule has 0 aliphatic heterocycles. The molecule has 0 radical (unpaired) electrons. The highest BCUT2D eigenvalue weighted by atomic mass is 79.9. The number of fused-ring (bicyclic) bond motifs is 3. The molecule has 1 N–H and O–H groups in total. The maximum Gasteiger partial charge on any atom is 0.255 e. The predicted octanol–water partition coefficient (Wildman–Crippen LogP) is 4.95. The Bertz CT molecular complexity index is 1780. The first-order chi connectivity index (χ1) is 17.6. The van der Waals surface area contributed by atoms with Gasteiger partial charge >= 0.3 is 0 Å². The Morgan fingerprint density at radius 1 is 1.06 bits per heavy atom. The molecule has 0 spiro atoms. The number of nitrogens with zero attached hydrogens (tertiary/aromatic N) is 6. The van der Waals surface area contributed by atoms with Gasteiger partial charge in [0.25, 0.3) is 5.91 Å². The highest BCUT2D eigenvalue weighted by Gasteiger charge is 2.24. The number of imidazole rings is 2. The Kier molecular flexibility index (Phi) is 4.92. The Morgan fingerprint density at radius 3 is 2.86 bits per heavy atom. The molecule has 0 aromatic carbocycles. The molecule has 1 aliphatic rings. The molecule has 6 aromatic heterocycles. The number of amides is 1. The van der Waals surface area contributed by atoms with E-state index in [1.807, 2.05) is 45.6 Å². The quantitative estimate of drug-likeness (QED) is 0.324. The van der Waals surface area contributed by atoms with Gasteiger partial charge in [-0.1, -0.05) is 22.0 Å². The Morgan fingerprint density at radius 2 is 1.97 bits per heavy atom. The normalized spacial score (nSPS) is 13.7. The predicted molar refractivity (Wildman–Crippen MR) is 140 cm³/mol. The number of carbonyl (C=O) groups is 1. The van der Waals surface area contributed by atoms with Crippen LogP contribution in [0.25, 0.3) is 22.2 Å². The first kappa shape index (κ1) is 21.3. The number of hydrogen-bond acceptors (Lipinski definition) is 4. The molecule has 0 bridgehead atoms. The number of carbonyl (C=O) groups excluding carboxylic acids is 1. The highest BCUT2D eigenvalue weighted by molar-refractivity contribution is 9.10. The second kappa shape index (κ2) is 8.30. The zero-order chi connectivity index (χ0) is 24.2. The second-order valence-electron chi connectivity index (χ2n) is 9.29.